The highest BCUT2D eigenvalue weighted by atomic mass is 16.1. The van der Waals surface area contributed by atoms with Crippen molar-refractivity contribution in [3.63, 3.8) is 0 Å². The molecule has 19 heavy (non-hydrogen) atoms. The Kier molecular flexibility index (Phi) is 2.74. The lowest BCUT2D eigenvalue weighted by atomic mass is 10.0. The number of amides is 1. The molecule has 0 spiro atoms. The number of nitrogens with zero attached hydrogens (tertiary/aromatic N) is 2. The number of nitrogens with two attached hydrogens (primary N) is 1. The van der Waals surface area contributed by atoms with Crippen LogP contribution in [0.2, 0.25) is 0 Å². The molecular formula is C14H16N4O. The zero-order valence-electron chi connectivity index (χ0n) is 10.8. The van der Waals surface area contributed by atoms with Gasteiger partial charge in [0.05, 0.1) is 11.4 Å². The van der Waals surface area contributed by atoms with Gasteiger partial charge >= 0.3 is 0 Å². The van der Waals surface area contributed by atoms with Crippen molar-refractivity contribution in [2.75, 3.05) is 11.1 Å². The number of hydrogen-bond donors (Lipinski definition) is 2. The summed E-state index contributed by atoms with van der Waals surface area (Å²) < 4.78 is 1.97. The van der Waals surface area contributed by atoms with E-state index in [-0.39, 0.29) is 5.91 Å². The normalized spacial score (nSPS) is 14.1. The molecule has 0 fully saturated rings. The Hall–Kier alpha value is -2.30. The molecule has 0 radical (unpaired) electrons. The van der Waals surface area contributed by atoms with Crippen LogP contribution in [0, 0.1) is 0 Å². The summed E-state index contributed by atoms with van der Waals surface area (Å²) in [5.74, 6) is 1.01. The van der Waals surface area contributed by atoms with Crippen LogP contribution in [-0.4, -0.2) is 15.5 Å². The van der Waals surface area contributed by atoms with Crippen LogP contribution in [0.5, 0.6) is 0 Å². The molecule has 2 aromatic rings. The van der Waals surface area contributed by atoms with Gasteiger partial charge in [-0.1, -0.05) is 6.92 Å². The topological polar surface area (TPSA) is 72.9 Å². The number of nitrogen functional groups attached to an aromatic ring is 1. The number of hydrogen-bond acceptors (Lipinski definition) is 3. The van der Waals surface area contributed by atoms with Crippen LogP contribution in [0.15, 0.2) is 24.5 Å². The predicted molar refractivity (Wildman–Crippen MR) is 74.3 cm³/mol. The summed E-state index contributed by atoms with van der Waals surface area (Å²) in [7, 11) is 0. The minimum Gasteiger partial charge on any atom is -0.397 e. The third kappa shape index (κ3) is 1.97. The van der Waals surface area contributed by atoms with Crippen LogP contribution in [0.25, 0.3) is 5.69 Å². The lowest BCUT2D eigenvalue weighted by Gasteiger charge is -2.20. The number of fused-ring (bicyclic) bond motifs is 1. The van der Waals surface area contributed by atoms with Crippen molar-refractivity contribution in [2.24, 2.45) is 0 Å². The van der Waals surface area contributed by atoms with Gasteiger partial charge in [-0.2, -0.15) is 0 Å². The maximum Gasteiger partial charge on any atom is 0.224 e. The molecule has 1 amide bonds. The molecule has 5 heteroatoms. The van der Waals surface area contributed by atoms with Gasteiger partial charge in [0.15, 0.2) is 0 Å². The lowest BCUT2D eigenvalue weighted by Crippen LogP contribution is -2.19. The van der Waals surface area contributed by atoms with Gasteiger partial charge in [-0.3, -0.25) is 4.79 Å². The summed E-state index contributed by atoms with van der Waals surface area (Å²) in [4.78, 5) is 15.8. The van der Waals surface area contributed by atoms with Gasteiger partial charge in [0.2, 0.25) is 5.91 Å². The Morgan fingerprint density at radius 2 is 2.26 bits per heavy atom. The molecule has 0 atom stereocenters. The Labute approximate surface area is 111 Å². The molecule has 1 aliphatic heterocycles. The largest absolute Gasteiger partial charge is 0.397 e. The van der Waals surface area contributed by atoms with Crippen LogP contribution in [0.1, 0.15) is 24.7 Å². The van der Waals surface area contributed by atoms with Crippen LogP contribution in [0.4, 0.5) is 11.4 Å². The first kappa shape index (κ1) is 11.8. The van der Waals surface area contributed by atoms with Crippen LogP contribution in [-0.2, 0) is 17.6 Å². The predicted octanol–water partition coefficient (Wildman–Crippen LogP) is 1.90. The summed E-state index contributed by atoms with van der Waals surface area (Å²) in [6, 6.07) is 3.88. The zero-order chi connectivity index (χ0) is 13.4. The quantitative estimate of drug-likeness (QED) is 0.806. The van der Waals surface area contributed by atoms with E-state index in [0.717, 1.165) is 35.6 Å². The van der Waals surface area contributed by atoms with Gasteiger partial charge in [-0.15, -0.1) is 0 Å². The molecule has 98 valence electrons. The maximum absolute atomic E-state index is 11.5. The number of anilines is 2. The minimum absolute atomic E-state index is 0.0598. The summed E-state index contributed by atoms with van der Waals surface area (Å²) >= 11 is 0. The first-order chi connectivity index (χ1) is 9.19. The Morgan fingerprint density at radius 1 is 1.42 bits per heavy atom. The number of nitrogens with one attached hydrogen (secondary N) is 1. The Balaban J connectivity index is 2.12. The van der Waals surface area contributed by atoms with Gasteiger partial charge < -0.3 is 15.6 Å². The van der Waals surface area contributed by atoms with Crippen LogP contribution < -0.4 is 11.1 Å². The Morgan fingerprint density at radius 3 is 3.05 bits per heavy atom. The molecule has 3 rings (SSSR count). The van der Waals surface area contributed by atoms with Crippen LogP contribution in [0.3, 0.4) is 0 Å². The van der Waals surface area contributed by atoms with Crippen molar-refractivity contribution in [3.05, 3.63) is 35.9 Å². The number of aryl methyl sites for hydroxylation is 2. The van der Waals surface area contributed by atoms with Gasteiger partial charge in [-0.25, -0.2) is 4.98 Å². The van der Waals surface area contributed by atoms with Gasteiger partial charge in [0.1, 0.15) is 5.82 Å². The second-order valence-electron chi connectivity index (χ2n) is 4.68. The molecule has 1 aromatic heterocycles. The second-order valence-corrected chi connectivity index (χ2v) is 4.68. The number of carbonyl (C=O) groups is 1. The van der Waals surface area contributed by atoms with Crippen molar-refractivity contribution in [1.29, 1.82) is 0 Å². The molecule has 0 saturated carbocycles. The molecule has 1 aliphatic rings. The molecule has 0 unspecified atom stereocenters. The third-order valence-electron chi connectivity index (χ3n) is 3.44. The molecule has 1 aromatic carbocycles. The number of aromatic nitrogens is 2. The van der Waals surface area contributed by atoms with Crippen molar-refractivity contribution in [3.8, 4) is 5.69 Å². The van der Waals surface area contributed by atoms with Gasteiger partial charge in [0.25, 0.3) is 0 Å². The average molecular weight is 256 g/mol. The third-order valence-corrected chi connectivity index (χ3v) is 3.44. The summed E-state index contributed by atoms with van der Waals surface area (Å²) in [5.41, 5.74) is 9.67. The number of rotatable bonds is 2. The van der Waals surface area contributed by atoms with Gasteiger partial charge in [-0.05, 0) is 24.1 Å². The number of imidazole rings is 1. The summed E-state index contributed by atoms with van der Waals surface area (Å²) in [5, 5.41) is 2.90. The van der Waals surface area contributed by atoms with E-state index in [1.54, 1.807) is 6.20 Å². The number of benzene rings is 1. The van der Waals surface area contributed by atoms with Crippen molar-refractivity contribution in [1.82, 2.24) is 9.55 Å². The average Bonchev–Trinajstić information content (AvgIpc) is 2.86. The molecule has 2 heterocycles. The first-order valence-electron chi connectivity index (χ1n) is 6.44. The fourth-order valence-electron chi connectivity index (χ4n) is 2.46. The van der Waals surface area contributed by atoms with E-state index in [1.807, 2.05) is 22.9 Å². The Bertz CT molecular complexity index is 645. The summed E-state index contributed by atoms with van der Waals surface area (Å²) in [6.45, 7) is 2.05. The maximum atomic E-state index is 11.5. The van der Waals surface area contributed by atoms with E-state index < -0.39 is 0 Å². The van der Waals surface area contributed by atoms with E-state index in [2.05, 4.69) is 17.2 Å². The number of carbonyl (C=O) groups excluding carboxylic acids is 1. The van der Waals surface area contributed by atoms with Crippen LogP contribution >= 0.6 is 0 Å². The summed E-state index contributed by atoms with van der Waals surface area (Å²) in [6.07, 6.45) is 5.75. The van der Waals surface area contributed by atoms with Gasteiger partial charge in [0, 0.05) is 30.9 Å². The lowest BCUT2D eigenvalue weighted by molar-refractivity contribution is -0.116. The highest BCUT2D eigenvalue weighted by Crippen LogP contribution is 2.30. The fraction of sp³-hybridized carbons (Fsp3) is 0.286. The van der Waals surface area contributed by atoms with Crippen molar-refractivity contribution >= 4 is 17.3 Å². The van der Waals surface area contributed by atoms with E-state index in [9.17, 15) is 4.79 Å². The highest BCUT2D eigenvalue weighted by molar-refractivity contribution is 5.95. The van der Waals surface area contributed by atoms with Crippen molar-refractivity contribution < 1.29 is 4.79 Å². The molecule has 0 bridgehead atoms. The molecule has 5 nitrogen and oxygen atoms in total. The second kappa shape index (κ2) is 4.42. The minimum atomic E-state index is 0.0598. The SMILES string of the molecule is CCc1nccn1-c1cc2c(cc1N)CCC(=O)N2. The molecule has 3 N–H and O–H groups in total. The monoisotopic (exact) mass is 256 g/mol. The standard InChI is InChI=1S/C14H16N4O/c1-2-13-16-5-6-18(13)12-8-11-9(7-10(12)15)3-4-14(19)17-11/h5-8H,2-4,15H2,1H3,(H,17,19). The smallest absolute Gasteiger partial charge is 0.224 e. The van der Waals surface area contributed by atoms with E-state index in [0.29, 0.717) is 12.1 Å². The van der Waals surface area contributed by atoms with E-state index in [1.165, 1.54) is 0 Å². The van der Waals surface area contributed by atoms with E-state index >= 15 is 0 Å². The fourth-order valence-corrected chi connectivity index (χ4v) is 2.46. The highest BCUT2D eigenvalue weighted by Gasteiger charge is 2.17. The molecular weight excluding hydrogens is 240 g/mol. The molecule has 0 aliphatic carbocycles. The first-order valence-corrected chi connectivity index (χ1v) is 6.44. The van der Waals surface area contributed by atoms with E-state index in [4.69, 9.17) is 5.73 Å². The van der Waals surface area contributed by atoms with Crippen molar-refractivity contribution in [2.45, 2.75) is 26.2 Å². The molecule has 0 saturated heterocycles. The zero-order valence-corrected chi connectivity index (χ0v) is 10.8.